The fraction of sp³-hybridized carbons (Fsp3) is 0.526. The van der Waals surface area contributed by atoms with Gasteiger partial charge in [-0.1, -0.05) is 12.1 Å². The molecule has 2 unspecified atom stereocenters. The van der Waals surface area contributed by atoms with Gasteiger partial charge in [0.2, 0.25) is 0 Å². The van der Waals surface area contributed by atoms with Crippen LogP contribution in [0.4, 0.5) is 4.79 Å². The van der Waals surface area contributed by atoms with Crippen LogP contribution < -0.4 is 5.32 Å². The quantitative estimate of drug-likeness (QED) is 0.855. The number of alkyl carbamates (subject to hydrolysis) is 1. The lowest BCUT2D eigenvalue weighted by Gasteiger charge is -2.22. The first-order valence-electron chi connectivity index (χ1n) is 8.69. The number of amides is 3. The Balaban J connectivity index is 1.55. The Kier molecular flexibility index (Phi) is 4.54. The third-order valence-electron chi connectivity index (χ3n) is 4.58. The summed E-state index contributed by atoms with van der Waals surface area (Å²) in [6.45, 7) is 5.88. The summed E-state index contributed by atoms with van der Waals surface area (Å²) < 4.78 is 5.28. The molecule has 0 spiro atoms. The fourth-order valence-corrected chi connectivity index (χ4v) is 3.51. The van der Waals surface area contributed by atoms with Gasteiger partial charge in [0.05, 0.1) is 11.1 Å². The lowest BCUT2D eigenvalue weighted by molar-refractivity contribution is 0.0499. The highest BCUT2D eigenvalue weighted by Crippen LogP contribution is 2.30. The van der Waals surface area contributed by atoms with Crippen molar-refractivity contribution in [2.24, 2.45) is 5.92 Å². The highest BCUT2D eigenvalue weighted by Gasteiger charge is 2.38. The molecule has 1 aliphatic heterocycles. The number of carbonyl (C=O) groups excluding carboxylic acids is 3. The molecular weight excluding hydrogens is 320 g/mol. The summed E-state index contributed by atoms with van der Waals surface area (Å²) >= 11 is 0. The van der Waals surface area contributed by atoms with Gasteiger partial charge in [-0.25, -0.2) is 4.79 Å². The summed E-state index contributed by atoms with van der Waals surface area (Å²) in [6.07, 6.45) is 2.02. The average Bonchev–Trinajstić information content (AvgIpc) is 3.05. The summed E-state index contributed by atoms with van der Waals surface area (Å²) in [5.41, 5.74) is 0.435. The van der Waals surface area contributed by atoms with Crippen LogP contribution in [0.3, 0.4) is 0 Å². The maximum absolute atomic E-state index is 12.4. The predicted molar refractivity (Wildman–Crippen MR) is 92.3 cm³/mol. The van der Waals surface area contributed by atoms with Crippen LogP contribution in [0.1, 0.15) is 60.7 Å². The summed E-state index contributed by atoms with van der Waals surface area (Å²) in [5, 5.41) is 2.88. The number of rotatable bonds is 3. The maximum atomic E-state index is 12.4. The number of hydrogen-bond acceptors (Lipinski definition) is 4. The first kappa shape index (κ1) is 17.5. The lowest BCUT2D eigenvalue weighted by Crippen LogP contribution is -2.38. The number of fused-ring (bicyclic) bond motifs is 1. The van der Waals surface area contributed by atoms with Crippen molar-refractivity contribution in [3.8, 4) is 0 Å². The Morgan fingerprint density at radius 2 is 1.76 bits per heavy atom. The number of benzene rings is 1. The summed E-state index contributed by atoms with van der Waals surface area (Å²) in [6, 6.07) is 6.94. The van der Waals surface area contributed by atoms with Gasteiger partial charge in [-0.15, -0.1) is 0 Å². The molecule has 2 atom stereocenters. The minimum absolute atomic E-state index is 0.0232. The van der Waals surface area contributed by atoms with E-state index in [9.17, 15) is 14.4 Å². The number of imide groups is 1. The Morgan fingerprint density at radius 1 is 1.16 bits per heavy atom. The molecule has 1 aliphatic carbocycles. The van der Waals surface area contributed by atoms with E-state index in [1.54, 1.807) is 24.3 Å². The van der Waals surface area contributed by atoms with E-state index in [1.165, 1.54) is 4.90 Å². The smallest absolute Gasteiger partial charge is 0.407 e. The molecule has 6 heteroatoms. The molecule has 0 bridgehead atoms. The van der Waals surface area contributed by atoms with Crippen molar-refractivity contribution in [3.05, 3.63) is 35.4 Å². The van der Waals surface area contributed by atoms with Crippen molar-refractivity contribution in [3.63, 3.8) is 0 Å². The maximum Gasteiger partial charge on any atom is 0.407 e. The highest BCUT2D eigenvalue weighted by atomic mass is 16.6. The van der Waals surface area contributed by atoms with Crippen LogP contribution >= 0.6 is 0 Å². The third-order valence-corrected chi connectivity index (χ3v) is 4.58. The van der Waals surface area contributed by atoms with Gasteiger partial charge in [0.25, 0.3) is 11.8 Å². The van der Waals surface area contributed by atoms with Gasteiger partial charge in [-0.05, 0) is 58.1 Å². The molecule has 1 saturated carbocycles. The third kappa shape index (κ3) is 3.83. The Hall–Kier alpha value is -2.37. The molecule has 134 valence electrons. The predicted octanol–water partition coefficient (Wildman–Crippen LogP) is 2.98. The minimum atomic E-state index is -0.526. The van der Waals surface area contributed by atoms with Crippen LogP contribution in [-0.2, 0) is 4.74 Å². The van der Waals surface area contributed by atoms with Crippen molar-refractivity contribution >= 4 is 17.9 Å². The van der Waals surface area contributed by atoms with Crippen molar-refractivity contribution < 1.29 is 19.1 Å². The number of nitrogens with one attached hydrogen (secondary N) is 1. The fourth-order valence-electron chi connectivity index (χ4n) is 3.51. The second-order valence-electron chi connectivity index (χ2n) is 7.79. The summed E-state index contributed by atoms with van der Waals surface area (Å²) in [5.74, 6) is -0.240. The molecule has 3 rings (SSSR count). The monoisotopic (exact) mass is 344 g/mol. The van der Waals surface area contributed by atoms with Crippen LogP contribution in [0.25, 0.3) is 0 Å². The van der Waals surface area contributed by atoms with Crippen molar-refractivity contribution in [1.82, 2.24) is 10.2 Å². The Bertz CT molecular complexity index is 673. The van der Waals surface area contributed by atoms with E-state index >= 15 is 0 Å². The van der Waals surface area contributed by atoms with Crippen molar-refractivity contribution in [2.45, 2.75) is 51.7 Å². The molecule has 6 nitrogen and oxygen atoms in total. The van der Waals surface area contributed by atoms with E-state index in [2.05, 4.69) is 5.32 Å². The molecule has 0 radical (unpaired) electrons. The van der Waals surface area contributed by atoms with Crippen LogP contribution in [-0.4, -0.2) is 41.0 Å². The van der Waals surface area contributed by atoms with Gasteiger partial charge >= 0.3 is 6.09 Å². The van der Waals surface area contributed by atoms with Gasteiger partial charge in [0, 0.05) is 12.6 Å². The molecular formula is C19H24N2O4. The SMILES string of the molecule is CC(C)(C)OC(=O)NC1CCC(CN2C(=O)c3ccccc3C2=O)C1. The van der Waals surface area contributed by atoms with E-state index < -0.39 is 11.7 Å². The number of nitrogens with zero attached hydrogens (tertiary/aromatic N) is 1. The lowest BCUT2D eigenvalue weighted by atomic mass is 10.1. The van der Waals surface area contributed by atoms with Gasteiger partial charge in [0.1, 0.15) is 5.60 Å². The van der Waals surface area contributed by atoms with E-state index in [1.807, 2.05) is 20.8 Å². The number of ether oxygens (including phenoxy) is 1. The Labute approximate surface area is 147 Å². The molecule has 3 amide bonds. The second kappa shape index (κ2) is 6.50. The zero-order valence-corrected chi connectivity index (χ0v) is 14.9. The van der Waals surface area contributed by atoms with Gasteiger partial charge < -0.3 is 10.1 Å². The zero-order chi connectivity index (χ0) is 18.2. The van der Waals surface area contributed by atoms with Gasteiger partial charge in [0.15, 0.2) is 0 Å². The standard InChI is InChI=1S/C19H24N2O4/c1-19(2,3)25-18(24)20-13-9-8-12(10-13)11-21-16(22)14-6-4-5-7-15(14)17(21)23/h4-7,12-13H,8-11H2,1-3H3,(H,20,24). The molecule has 1 fully saturated rings. The minimum Gasteiger partial charge on any atom is -0.444 e. The summed E-state index contributed by atoms with van der Waals surface area (Å²) in [7, 11) is 0. The molecule has 0 aromatic heterocycles. The van der Waals surface area contributed by atoms with Gasteiger partial charge in [-0.3, -0.25) is 14.5 Å². The first-order chi connectivity index (χ1) is 11.7. The average molecular weight is 344 g/mol. The molecule has 1 aromatic rings. The van der Waals surface area contributed by atoms with E-state index in [4.69, 9.17) is 4.74 Å². The molecule has 1 N–H and O–H groups in total. The largest absolute Gasteiger partial charge is 0.444 e. The number of carbonyl (C=O) groups is 3. The normalized spacial score (nSPS) is 22.9. The van der Waals surface area contributed by atoms with Gasteiger partial charge in [-0.2, -0.15) is 0 Å². The van der Waals surface area contributed by atoms with Crippen LogP contribution in [0.15, 0.2) is 24.3 Å². The van der Waals surface area contributed by atoms with Crippen LogP contribution in [0.5, 0.6) is 0 Å². The van der Waals surface area contributed by atoms with Crippen molar-refractivity contribution in [2.75, 3.05) is 6.54 Å². The first-order valence-corrected chi connectivity index (χ1v) is 8.69. The summed E-state index contributed by atoms with van der Waals surface area (Å²) in [4.78, 5) is 38.1. The van der Waals surface area contributed by atoms with E-state index in [0.717, 1.165) is 19.3 Å². The molecule has 1 aromatic carbocycles. The Morgan fingerprint density at radius 3 is 2.32 bits per heavy atom. The topological polar surface area (TPSA) is 75.7 Å². The highest BCUT2D eigenvalue weighted by molar-refractivity contribution is 6.21. The molecule has 2 aliphatic rings. The van der Waals surface area contributed by atoms with E-state index in [0.29, 0.717) is 17.7 Å². The van der Waals surface area contributed by atoms with Crippen molar-refractivity contribution in [1.29, 1.82) is 0 Å². The molecule has 0 saturated heterocycles. The van der Waals surface area contributed by atoms with E-state index in [-0.39, 0.29) is 23.8 Å². The molecule has 25 heavy (non-hydrogen) atoms. The molecule has 1 heterocycles. The van der Waals surface area contributed by atoms with Crippen LogP contribution in [0.2, 0.25) is 0 Å². The second-order valence-corrected chi connectivity index (χ2v) is 7.79. The zero-order valence-electron chi connectivity index (χ0n) is 14.9. The van der Waals surface area contributed by atoms with Crippen LogP contribution in [0, 0.1) is 5.92 Å². The number of hydrogen-bond donors (Lipinski definition) is 1.